The summed E-state index contributed by atoms with van der Waals surface area (Å²) in [6.07, 6.45) is 4.13. The number of amides is 2. The normalized spacial score (nSPS) is 11.6. The second-order valence-electron chi connectivity index (χ2n) is 6.08. The highest BCUT2D eigenvalue weighted by Gasteiger charge is 2.15. The molecule has 0 saturated carbocycles. The van der Waals surface area contributed by atoms with Crippen LogP contribution < -0.4 is 5.32 Å². The highest BCUT2D eigenvalue weighted by molar-refractivity contribution is 5.96. The summed E-state index contributed by atoms with van der Waals surface area (Å²) in [6, 6.07) is 6.28. The van der Waals surface area contributed by atoms with E-state index < -0.39 is 12.0 Å². The molecule has 0 aliphatic carbocycles. The number of carboxylic acid groups (broad SMARTS) is 1. The first-order chi connectivity index (χ1) is 11.3. The molecule has 2 N–H and O–H groups in total. The van der Waals surface area contributed by atoms with Crippen LogP contribution in [0.15, 0.2) is 24.3 Å². The number of nitrogens with one attached hydrogen (secondary N) is 1. The molecule has 0 aliphatic heterocycles. The molecule has 132 valence electrons. The molecule has 1 rings (SSSR count). The van der Waals surface area contributed by atoms with Crippen LogP contribution in [0.1, 0.15) is 48.5 Å². The number of rotatable bonds is 9. The van der Waals surface area contributed by atoms with Gasteiger partial charge in [0.15, 0.2) is 0 Å². The molecule has 0 aliphatic rings. The van der Waals surface area contributed by atoms with Crippen molar-refractivity contribution in [3.63, 3.8) is 0 Å². The van der Waals surface area contributed by atoms with Crippen molar-refractivity contribution < 1.29 is 19.5 Å². The summed E-state index contributed by atoms with van der Waals surface area (Å²) in [6.45, 7) is 1.43. The first kappa shape index (κ1) is 19.7. The molecule has 1 atom stereocenters. The lowest BCUT2D eigenvalue weighted by Crippen LogP contribution is -2.38. The standard InChI is InChI=1S/C18H26N2O4/c1-13(18(23)24)19-17(22)15-10-7-9-14(12-15)8-5-4-6-11-16(21)20(2)3/h7,9-10,12-13H,4-6,8,11H2,1-3H3,(H,19,22)(H,23,24)/t13-/m0/s1. The highest BCUT2D eigenvalue weighted by atomic mass is 16.4. The van der Waals surface area contributed by atoms with Crippen LogP contribution in [-0.4, -0.2) is 47.9 Å². The quantitative estimate of drug-likeness (QED) is 0.677. The van der Waals surface area contributed by atoms with Crippen LogP contribution in [0.4, 0.5) is 0 Å². The van der Waals surface area contributed by atoms with Gasteiger partial charge in [0, 0.05) is 26.1 Å². The predicted octanol–water partition coefficient (Wildman–Crippen LogP) is 2.08. The fraction of sp³-hybridized carbons (Fsp3) is 0.500. The largest absolute Gasteiger partial charge is 0.480 e. The number of hydrogen-bond donors (Lipinski definition) is 2. The summed E-state index contributed by atoms with van der Waals surface area (Å²) in [7, 11) is 3.51. The molecule has 24 heavy (non-hydrogen) atoms. The van der Waals surface area contributed by atoms with Crippen LogP contribution in [0.2, 0.25) is 0 Å². The molecule has 0 bridgehead atoms. The van der Waals surface area contributed by atoms with Gasteiger partial charge < -0.3 is 15.3 Å². The Morgan fingerprint density at radius 2 is 1.88 bits per heavy atom. The lowest BCUT2D eigenvalue weighted by molar-refractivity contribution is -0.138. The van der Waals surface area contributed by atoms with Gasteiger partial charge in [-0.3, -0.25) is 14.4 Å². The number of nitrogens with zero attached hydrogens (tertiary/aromatic N) is 1. The minimum Gasteiger partial charge on any atom is -0.480 e. The summed E-state index contributed by atoms with van der Waals surface area (Å²) in [5.74, 6) is -1.31. The number of carbonyl (C=O) groups is 3. The molecular weight excluding hydrogens is 308 g/mol. The van der Waals surface area contributed by atoms with E-state index in [1.165, 1.54) is 6.92 Å². The summed E-state index contributed by atoms with van der Waals surface area (Å²) >= 11 is 0. The Hall–Kier alpha value is -2.37. The van der Waals surface area contributed by atoms with Crippen LogP contribution in [-0.2, 0) is 16.0 Å². The zero-order chi connectivity index (χ0) is 18.1. The number of hydrogen-bond acceptors (Lipinski definition) is 3. The fourth-order valence-electron chi connectivity index (χ4n) is 2.22. The Morgan fingerprint density at radius 1 is 1.17 bits per heavy atom. The average molecular weight is 334 g/mol. The van der Waals surface area contributed by atoms with Crippen molar-refractivity contribution in [2.24, 2.45) is 0 Å². The van der Waals surface area contributed by atoms with Crippen LogP contribution in [0.3, 0.4) is 0 Å². The smallest absolute Gasteiger partial charge is 0.325 e. The van der Waals surface area contributed by atoms with Crippen molar-refractivity contribution in [2.45, 2.75) is 45.1 Å². The molecule has 1 aromatic rings. The third-order valence-electron chi connectivity index (χ3n) is 3.76. The van der Waals surface area contributed by atoms with E-state index in [4.69, 9.17) is 5.11 Å². The van der Waals surface area contributed by atoms with Crippen LogP contribution in [0.25, 0.3) is 0 Å². The van der Waals surface area contributed by atoms with Gasteiger partial charge in [-0.1, -0.05) is 18.6 Å². The minimum absolute atomic E-state index is 0.140. The van der Waals surface area contributed by atoms with Gasteiger partial charge in [0.25, 0.3) is 5.91 Å². The number of carbonyl (C=O) groups excluding carboxylic acids is 2. The summed E-state index contributed by atoms with van der Waals surface area (Å²) < 4.78 is 0. The highest BCUT2D eigenvalue weighted by Crippen LogP contribution is 2.11. The van der Waals surface area contributed by atoms with E-state index in [1.807, 2.05) is 6.07 Å². The predicted molar refractivity (Wildman–Crippen MR) is 91.9 cm³/mol. The van der Waals surface area contributed by atoms with Gasteiger partial charge in [-0.15, -0.1) is 0 Å². The maximum absolute atomic E-state index is 12.0. The molecular formula is C18H26N2O4. The van der Waals surface area contributed by atoms with Gasteiger partial charge in [-0.2, -0.15) is 0 Å². The molecule has 0 unspecified atom stereocenters. The van der Waals surface area contributed by atoms with Crippen molar-refractivity contribution in [1.82, 2.24) is 10.2 Å². The van der Waals surface area contributed by atoms with Crippen LogP contribution >= 0.6 is 0 Å². The first-order valence-electron chi connectivity index (χ1n) is 8.14. The van der Waals surface area contributed by atoms with Gasteiger partial charge in [0.05, 0.1) is 0 Å². The van der Waals surface area contributed by atoms with Crippen molar-refractivity contribution in [3.05, 3.63) is 35.4 Å². The molecule has 0 spiro atoms. The molecule has 6 heteroatoms. The van der Waals surface area contributed by atoms with E-state index in [0.717, 1.165) is 31.2 Å². The van der Waals surface area contributed by atoms with Crippen molar-refractivity contribution in [2.75, 3.05) is 14.1 Å². The summed E-state index contributed by atoms with van der Waals surface area (Å²) in [5.41, 5.74) is 1.49. The molecule has 0 fully saturated rings. The fourth-order valence-corrected chi connectivity index (χ4v) is 2.22. The third kappa shape index (κ3) is 6.81. The van der Waals surface area contributed by atoms with Crippen LogP contribution in [0, 0.1) is 0 Å². The van der Waals surface area contributed by atoms with Crippen LogP contribution in [0.5, 0.6) is 0 Å². The van der Waals surface area contributed by atoms with Crippen molar-refractivity contribution >= 4 is 17.8 Å². The Morgan fingerprint density at radius 3 is 2.50 bits per heavy atom. The van der Waals surface area contributed by atoms with Gasteiger partial charge in [0.2, 0.25) is 5.91 Å². The molecule has 0 saturated heterocycles. The van der Waals surface area contributed by atoms with Gasteiger partial charge >= 0.3 is 5.97 Å². The molecule has 6 nitrogen and oxygen atoms in total. The van der Waals surface area contributed by atoms with E-state index in [9.17, 15) is 14.4 Å². The average Bonchev–Trinajstić information content (AvgIpc) is 2.54. The number of carboxylic acids is 1. The Bertz CT molecular complexity index is 584. The maximum atomic E-state index is 12.0. The Labute approximate surface area is 142 Å². The minimum atomic E-state index is -1.06. The van der Waals surface area contributed by atoms with Crippen molar-refractivity contribution in [3.8, 4) is 0 Å². The Balaban J connectivity index is 2.44. The molecule has 0 radical (unpaired) electrons. The number of aliphatic carboxylic acids is 1. The van der Waals surface area contributed by atoms with E-state index in [2.05, 4.69) is 5.32 Å². The molecule has 1 aromatic carbocycles. The van der Waals surface area contributed by atoms with Gasteiger partial charge in [-0.25, -0.2) is 0 Å². The topological polar surface area (TPSA) is 86.7 Å². The summed E-state index contributed by atoms with van der Waals surface area (Å²) in [4.78, 5) is 35.9. The number of benzene rings is 1. The van der Waals surface area contributed by atoms with E-state index in [0.29, 0.717) is 12.0 Å². The van der Waals surface area contributed by atoms with Gasteiger partial charge in [0.1, 0.15) is 6.04 Å². The van der Waals surface area contributed by atoms with E-state index in [-0.39, 0.29) is 11.8 Å². The lowest BCUT2D eigenvalue weighted by Gasteiger charge is -2.11. The zero-order valence-electron chi connectivity index (χ0n) is 14.5. The summed E-state index contributed by atoms with van der Waals surface area (Å²) in [5, 5.41) is 11.3. The maximum Gasteiger partial charge on any atom is 0.325 e. The molecule has 0 aromatic heterocycles. The van der Waals surface area contributed by atoms with E-state index >= 15 is 0 Å². The zero-order valence-corrected chi connectivity index (χ0v) is 14.5. The third-order valence-corrected chi connectivity index (χ3v) is 3.76. The SMILES string of the molecule is C[C@H](NC(=O)c1cccc(CCCCCC(=O)N(C)C)c1)C(=O)O. The number of unbranched alkanes of at least 4 members (excludes halogenated alkanes) is 2. The second kappa shape index (κ2) is 9.70. The Kier molecular flexibility index (Phi) is 7.95. The first-order valence-corrected chi connectivity index (χ1v) is 8.14. The monoisotopic (exact) mass is 334 g/mol. The second-order valence-corrected chi connectivity index (χ2v) is 6.08. The van der Waals surface area contributed by atoms with Gasteiger partial charge in [-0.05, 0) is 43.9 Å². The number of aryl methyl sites for hydroxylation is 1. The molecule has 2 amide bonds. The van der Waals surface area contributed by atoms with E-state index in [1.54, 1.807) is 37.2 Å². The lowest BCUT2D eigenvalue weighted by atomic mass is 10.0. The molecule has 0 heterocycles. The van der Waals surface area contributed by atoms with Crippen molar-refractivity contribution in [1.29, 1.82) is 0 Å².